The molecule has 2 aromatic carbocycles. The molecule has 1 atom stereocenters. The van der Waals surface area contributed by atoms with Crippen LogP contribution in [0.3, 0.4) is 0 Å². The van der Waals surface area contributed by atoms with Crippen LogP contribution >= 0.6 is 0 Å². The Morgan fingerprint density at radius 3 is 2.40 bits per heavy atom. The van der Waals surface area contributed by atoms with Crippen molar-refractivity contribution in [2.75, 3.05) is 0 Å². The van der Waals surface area contributed by atoms with Gasteiger partial charge < -0.3 is 5.11 Å². The van der Waals surface area contributed by atoms with E-state index in [1.807, 2.05) is 6.07 Å². The predicted octanol–water partition coefficient (Wildman–Crippen LogP) is 3.94. The second kappa shape index (κ2) is 5.06. The molecule has 3 rings (SSSR count). The third kappa shape index (κ3) is 2.38. The molecule has 1 aliphatic rings. The summed E-state index contributed by atoms with van der Waals surface area (Å²) in [4.78, 5) is 0. The summed E-state index contributed by atoms with van der Waals surface area (Å²) in [6.45, 7) is 4.24. The minimum Gasteiger partial charge on any atom is -0.392 e. The summed E-state index contributed by atoms with van der Waals surface area (Å²) in [5.74, 6) is 0. The Morgan fingerprint density at radius 1 is 1.05 bits per heavy atom. The minimum atomic E-state index is -0.287. The summed E-state index contributed by atoms with van der Waals surface area (Å²) >= 11 is 0. The molecule has 1 saturated carbocycles. The van der Waals surface area contributed by atoms with E-state index in [1.54, 1.807) is 0 Å². The lowest BCUT2D eigenvalue weighted by molar-refractivity contribution is 0.131. The van der Waals surface area contributed by atoms with Crippen LogP contribution in [0.5, 0.6) is 0 Å². The van der Waals surface area contributed by atoms with Crippen LogP contribution in [0.15, 0.2) is 48.5 Å². The maximum absolute atomic E-state index is 10.8. The van der Waals surface area contributed by atoms with Crippen LogP contribution < -0.4 is 0 Å². The highest BCUT2D eigenvalue weighted by molar-refractivity contribution is 5.36. The molecule has 1 unspecified atom stereocenters. The fourth-order valence-electron chi connectivity index (χ4n) is 3.14. The normalized spacial score (nSPS) is 17.8. The second-order valence-electron chi connectivity index (χ2n) is 6.17. The van der Waals surface area contributed by atoms with Gasteiger partial charge in [-0.3, -0.25) is 0 Å². The number of benzene rings is 2. The first kappa shape index (κ1) is 13.4. The third-order valence-electron chi connectivity index (χ3n) is 4.69. The van der Waals surface area contributed by atoms with E-state index in [2.05, 4.69) is 56.3 Å². The highest BCUT2D eigenvalue weighted by atomic mass is 16.3. The Morgan fingerprint density at radius 2 is 1.75 bits per heavy atom. The standard InChI is InChI=1S/C19H22O/c1-14-8-9-15(2)16(12-14)13-18(20)19(10-11-19)17-6-4-3-5-7-17/h3-9,12,18,20H,10-11,13H2,1-2H3. The summed E-state index contributed by atoms with van der Waals surface area (Å²) in [5.41, 5.74) is 5.11. The molecule has 0 aliphatic heterocycles. The van der Waals surface area contributed by atoms with Crippen molar-refractivity contribution in [3.8, 4) is 0 Å². The zero-order valence-corrected chi connectivity index (χ0v) is 12.3. The molecule has 0 aromatic heterocycles. The predicted molar refractivity (Wildman–Crippen MR) is 83.0 cm³/mol. The van der Waals surface area contributed by atoms with Crippen LogP contribution in [0.25, 0.3) is 0 Å². The van der Waals surface area contributed by atoms with E-state index in [0.29, 0.717) is 0 Å². The minimum absolute atomic E-state index is 0.00253. The van der Waals surface area contributed by atoms with Crippen LogP contribution in [-0.4, -0.2) is 11.2 Å². The average Bonchev–Trinajstić information content (AvgIpc) is 3.25. The molecule has 0 spiro atoms. The molecule has 1 fully saturated rings. The van der Waals surface area contributed by atoms with Gasteiger partial charge in [0.05, 0.1) is 6.10 Å². The number of rotatable bonds is 4. The average molecular weight is 266 g/mol. The maximum Gasteiger partial charge on any atom is 0.0677 e. The number of hydrogen-bond donors (Lipinski definition) is 1. The molecule has 2 aromatic rings. The van der Waals surface area contributed by atoms with Gasteiger partial charge in [0.25, 0.3) is 0 Å². The van der Waals surface area contributed by atoms with Crippen LogP contribution in [0, 0.1) is 13.8 Å². The molecule has 0 heterocycles. The maximum atomic E-state index is 10.8. The molecule has 104 valence electrons. The van der Waals surface area contributed by atoms with Crippen molar-refractivity contribution in [3.63, 3.8) is 0 Å². The zero-order valence-electron chi connectivity index (χ0n) is 12.3. The van der Waals surface area contributed by atoms with Gasteiger partial charge in [0, 0.05) is 5.41 Å². The SMILES string of the molecule is Cc1ccc(C)c(CC(O)C2(c3ccccc3)CC2)c1. The molecular formula is C19H22O. The molecule has 1 heteroatoms. The van der Waals surface area contributed by atoms with Crippen molar-refractivity contribution < 1.29 is 5.11 Å². The van der Waals surface area contributed by atoms with E-state index >= 15 is 0 Å². The highest BCUT2D eigenvalue weighted by Gasteiger charge is 2.49. The summed E-state index contributed by atoms with van der Waals surface area (Å²) in [5, 5.41) is 10.8. The van der Waals surface area contributed by atoms with E-state index < -0.39 is 0 Å². The fourth-order valence-corrected chi connectivity index (χ4v) is 3.14. The van der Waals surface area contributed by atoms with E-state index in [9.17, 15) is 5.11 Å². The van der Waals surface area contributed by atoms with E-state index in [4.69, 9.17) is 0 Å². The Kier molecular flexibility index (Phi) is 3.39. The van der Waals surface area contributed by atoms with Crippen molar-refractivity contribution in [2.24, 2.45) is 0 Å². The fraction of sp³-hybridized carbons (Fsp3) is 0.368. The van der Waals surface area contributed by atoms with Crippen molar-refractivity contribution in [2.45, 2.75) is 44.6 Å². The quantitative estimate of drug-likeness (QED) is 0.888. The zero-order chi connectivity index (χ0) is 14.2. The molecule has 0 radical (unpaired) electrons. The first-order chi connectivity index (χ1) is 9.62. The molecular weight excluding hydrogens is 244 g/mol. The molecule has 1 N–H and O–H groups in total. The lowest BCUT2D eigenvalue weighted by Gasteiger charge is -2.23. The van der Waals surface area contributed by atoms with Crippen molar-refractivity contribution in [1.82, 2.24) is 0 Å². The van der Waals surface area contributed by atoms with E-state index in [1.165, 1.54) is 22.3 Å². The first-order valence-electron chi connectivity index (χ1n) is 7.41. The van der Waals surface area contributed by atoms with Gasteiger partial charge in [0.1, 0.15) is 0 Å². The van der Waals surface area contributed by atoms with Gasteiger partial charge in [-0.05, 0) is 49.8 Å². The van der Waals surface area contributed by atoms with Crippen molar-refractivity contribution in [1.29, 1.82) is 0 Å². The summed E-state index contributed by atoms with van der Waals surface area (Å²) in [7, 11) is 0. The van der Waals surface area contributed by atoms with Crippen LogP contribution in [0.2, 0.25) is 0 Å². The van der Waals surface area contributed by atoms with E-state index in [-0.39, 0.29) is 11.5 Å². The second-order valence-corrected chi connectivity index (χ2v) is 6.17. The lowest BCUT2D eigenvalue weighted by atomic mass is 9.85. The summed E-state index contributed by atoms with van der Waals surface area (Å²) in [6, 6.07) is 17.0. The molecule has 20 heavy (non-hydrogen) atoms. The summed E-state index contributed by atoms with van der Waals surface area (Å²) in [6.07, 6.45) is 2.67. The van der Waals surface area contributed by atoms with Gasteiger partial charge >= 0.3 is 0 Å². The monoisotopic (exact) mass is 266 g/mol. The van der Waals surface area contributed by atoms with Gasteiger partial charge in [0.15, 0.2) is 0 Å². The lowest BCUT2D eigenvalue weighted by Crippen LogP contribution is -2.28. The number of hydrogen-bond acceptors (Lipinski definition) is 1. The Hall–Kier alpha value is -1.60. The number of aliphatic hydroxyl groups excluding tert-OH is 1. The van der Waals surface area contributed by atoms with Crippen LogP contribution in [0.4, 0.5) is 0 Å². The van der Waals surface area contributed by atoms with Crippen LogP contribution in [-0.2, 0) is 11.8 Å². The topological polar surface area (TPSA) is 20.2 Å². The molecule has 0 saturated heterocycles. The Bertz CT molecular complexity index is 596. The van der Waals surface area contributed by atoms with Gasteiger partial charge in [0.2, 0.25) is 0 Å². The number of aliphatic hydroxyl groups is 1. The summed E-state index contributed by atoms with van der Waals surface area (Å²) < 4.78 is 0. The number of aryl methyl sites for hydroxylation is 2. The first-order valence-corrected chi connectivity index (χ1v) is 7.41. The highest BCUT2D eigenvalue weighted by Crippen LogP contribution is 2.51. The smallest absolute Gasteiger partial charge is 0.0677 e. The van der Waals surface area contributed by atoms with Gasteiger partial charge in [-0.1, -0.05) is 54.1 Å². The Balaban J connectivity index is 1.83. The van der Waals surface area contributed by atoms with Crippen molar-refractivity contribution in [3.05, 3.63) is 70.8 Å². The van der Waals surface area contributed by atoms with Gasteiger partial charge in [-0.2, -0.15) is 0 Å². The van der Waals surface area contributed by atoms with E-state index in [0.717, 1.165) is 19.3 Å². The molecule has 0 amide bonds. The molecule has 1 aliphatic carbocycles. The Labute approximate surface area is 121 Å². The van der Waals surface area contributed by atoms with Gasteiger partial charge in [-0.25, -0.2) is 0 Å². The van der Waals surface area contributed by atoms with Gasteiger partial charge in [-0.15, -0.1) is 0 Å². The third-order valence-corrected chi connectivity index (χ3v) is 4.69. The van der Waals surface area contributed by atoms with Crippen molar-refractivity contribution >= 4 is 0 Å². The molecule has 1 nitrogen and oxygen atoms in total. The largest absolute Gasteiger partial charge is 0.392 e. The van der Waals surface area contributed by atoms with Crippen LogP contribution in [0.1, 0.15) is 35.1 Å². The molecule has 0 bridgehead atoms.